The molecule has 0 aliphatic heterocycles. The van der Waals surface area contributed by atoms with Crippen LogP contribution in [0.4, 0.5) is 10.1 Å². The number of rotatable bonds is 3. The van der Waals surface area contributed by atoms with Gasteiger partial charge in [-0.15, -0.1) is 0 Å². The molecule has 0 aliphatic rings. The molecule has 0 amide bonds. The molecule has 0 fully saturated rings. The zero-order valence-corrected chi connectivity index (χ0v) is 13.1. The summed E-state index contributed by atoms with van der Waals surface area (Å²) in [6, 6.07) is 9.61. The number of nitrogen functional groups attached to an aromatic ring is 1. The zero-order valence-electron chi connectivity index (χ0n) is 10.7. The molecule has 1 aromatic heterocycles. The molecule has 3 rings (SSSR count). The topological polar surface area (TPSA) is 69.1 Å². The Kier molecular flexibility index (Phi) is 3.77. The Morgan fingerprint density at radius 2 is 2.14 bits per heavy atom. The number of nitrogens with zero attached hydrogens (tertiary/aromatic N) is 1. The predicted molar refractivity (Wildman–Crippen MR) is 82.6 cm³/mol. The second-order valence-electron chi connectivity index (χ2n) is 4.41. The summed E-state index contributed by atoms with van der Waals surface area (Å²) < 4.78 is 31.5. The molecule has 1 heterocycles. The van der Waals surface area contributed by atoms with Crippen molar-refractivity contribution >= 4 is 43.5 Å². The lowest BCUT2D eigenvalue weighted by molar-refractivity contribution is 0.477. The van der Waals surface area contributed by atoms with E-state index in [0.717, 1.165) is 0 Å². The third kappa shape index (κ3) is 2.84. The molecule has 2 aromatic carbocycles. The maximum atomic E-state index is 13.4. The van der Waals surface area contributed by atoms with Crippen molar-refractivity contribution in [3.8, 4) is 0 Å². The van der Waals surface area contributed by atoms with E-state index in [9.17, 15) is 8.60 Å². The van der Waals surface area contributed by atoms with Gasteiger partial charge in [-0.1, -0.05) is 12.1 Å². The highest BCUT2D eigenvalue weighted by Gasteiger charge is 2.16. The number of oxazole rings is 1. The van der Waals surface area contributed by atoms with Crippen LogP contribution in [-0.2, 0) is 16.6 Å². The van der Waals surface area contributed by atoms with Gasteiger partial charge in [0.05, 0.1) is 10.2 Å². The van der Waals surface area contributed by atoms with Gasteiger partial charge in [0.2, 0.25) is 0 Å². The van der Waals surface area contributed by atoms with E-state index in [1.807, 2.05) is 0 Å². The average Bonchev–Trinajstić information content (AvgIpc) is 2.87. The van der Waals surface area contributed by atoms with Crippen molar-refractivity contribution in [3.05, 3.63) is 52.3 Å². The van der Waals surface area contributed by atoms with E-state index >= 15 is 0 Å². The molecule has 7 heteroatoms. The largest absolute Gasteiger partial charge is 0.430 e. The van der Waals surface area contributed by atoms with Crippen molar-refractivity contribution in [3.63, 3.8) is 0 Å². The fourth-order valence-corrected chi connectivity index (χ4v) is 3.50. The van der Waals surface area contributed by atoms with Gasteiger partial charge in [-0.05, 0) is 45.8 Å². The van der Waals surface area contributed by atoms with Crippen LogP contribution in [0, 0.1) is 5.82 Å². The van der Waals surface area contributed by atoms with Crippen LogP contribution in [0.5, 0.6) is 0 Å². The lowest BCUT2D eigenvalue weighted by Crippen LogP contribution is -1.98. The smallest absolute Gasteiger partial charge is 0.288 e. The van der Waals surface area contributed by atoms with Gasteiger partial charge in [0.1, 0.15) is 22.1 Å². The molecule has 0 spiro atoms. The van der Waals surface area contributed by atoms with Crippen LogP contribution in [0.3, 0.4) is 0 Å². The van der Waals surface area contributed by atoms with Crippen LogP contribution in [0.2, 0.25) is 0 Å². The monoisotopic (exact) mass is 368 g/mol. The number of benzene rings is 2. The number of fused-ring (bicyclic) bond motifs is 1. The molecule has 3 aromatic rings. The number of aromatic nitrogens is 1. The van der Waals surface area contributed by atoms with Crippen LogP contribution in [0.25, 0.3) is 11.1 Å². The first-order chi connectivity index (χ1) is 10.0. The highest BCUT2D eigenvalue weighted by atomic mass is 79.9. The van der Waals surface area contributed by atoms with Crippen molar-refractivity contribution in [1.82, 2.24) is 4.98 Å². The molecule has 0 saturated carbocycles. The zero-order chi connectivity index (χ0) is 15.0. The minimum Gasteiger partial charge on any atom is -0.430 e. The number of hydrogen-bond acceptors (Lipinski definition) is 4. The van der Waals surface area contributed by atoms with Crippen LogP contribution in [0.1, 0.15) is 5.56 Å². The van der Waals surface area contributed by atoms with Crippen LogP contribution >= 0.6 is 15.9 Å². The molecule has 1 atom stereocenters. The molecule has 4 nitrogen and oxygen atoms in total. The summed E-state index contributed by atoms with van der Waals surface area (Å²) in [6.07, 6.45) is 0. The fourth-order valence-electron chi connectivity index (χ4n) is 1.88. The summed E-state index contributed by atoms with van der Waals surface area (Å²) >= 11 is 3.15. The van der Waals surface area contributed by atoms with E-state index in [1.165, 1.54) is 6.07 Å². The highest BCUT2D eigenvalue weighted by molar-refractivity contribution is 9.10. The lowest BCUT2D eigenvalue weighted by atomic mass is 10.2. The van der Waals surface area contributed by atoms with Gasteiger partial charge in [0, 0.05) is 5.69 Å². The van der Waals surface area contributed by atoms with Gasteiger partial charge in [-0.3, -0.25) is 0 Å². The van der Waals surface area contributed by atoms with E-state index in [0.29, 0.717) is 26.8 Å². The van der Waals surface area contributed by atoms with Crippen LogP contribution < -0.4 is 5.73 Å². The van der Waals surface area contributed by atoms with E-state index in [4.69, 9.17) is 10.2 Å². The van der Waals surface area contributed by atoms with Crippen molar-refractivity contribution in [2.75, 3.05) is 5.73 Å². The van der Waals surface area contributed by atoms with Gasteiger partial charge in [-0.2, -0.15) is 0 Å². The van der Waals surface area contributed by atoms with Crippen LogP contribution in [0.15, 0.2) is 50.5 Å². The van der Waals surface area contributed by atoms with E-state index < -0.39 is 16.6 Å². The summed E-state index contributed by atoms with van der Waals surface area (Å²) in [5.41, 5.74) is 7.88. The van der Waals surface area contributed by atoms with E-state index in [2.05, 4.69) is 20.9 Å². The number of nitrogens with two attached hydrogens (primary N) is 1. The number of hydrogen-bond donors (Lipinski definition) is 1. The van der Waals surface area contributed by atoms with Crippen molar-refractivity contribution in [2.45, 2.75) is 11.0 Å². The minimum absolute atomic E-state index is 0.103. The third-order valence-electron chi connectivity index (χ3n) is 2.90. The van der Waals surface area contributed by atoms with Gasteiger partial charge >= 0.3 is 0 Å². The molecule has 0 aliphatic carbocycles. The lowest BCUT2D eigenvalue weighted by Gasteiger charge is -2.03. The van der Waals surface area contributed by atoms with Gasteiger partial charge in [-0.25, -0.2) is 13.6 Å². The van der Waals surface area contributed by atoms with Gasteiger partial charge < -0.3 is 10.2 Å². The Morgan fingerprint density at radius 1 is 1.33 bits per heavy atom. The molecular weight excluding hydrogens is 359 g/mol. The molecule has 21 heavy (non-hydrogen) atoms. The SMILES string of the molecule is Nc1ccc2oc(S(=O)Cc3cccc(F)c3Br)nc2c1. The van der Waals surface area contributed by atoms with Crippen molar-refractivity contribution < 1.29 is 13.0 Å². The van der Waals surface area contributed by atoms with Gasteiger partial charge in [0.15, 0.2) is 5.58 Å². The van der Waals surface area contributed by atoms with Crippen molar-refractivity contribution in [2.24, 2.45) is 0 Å². The normalized spacial score (nSPS) is 12.7. The first-order valence-electron chi connectivity index (χ1n) is 6.02. The maximum absolute atomic E-state index is 13.4. The summed E-state index contributed by atoms with van der Waals surface area (Å²) in [5, 5.41) is 0.103. The highest BCUT2D eigenvalue weighted by Crippen LogP contribution is 2.25. The van der Waals surface area contributed by atoms with Crippen molar-refractivity contribution in [1.29, 1.82) is 0 Å². The average molecular weight is 369 g/mol. The maximum Gasteiger partial charge on any atom is 0.288 e. The first-order valence-corrected chi connectivity index (χ1v) is 8.13. The minimum atomic E-state index is -1.51. The Bertz CT molecular complexity index is 850. The molecule has 108 valence electrons. The Labute approximate surface area is 130 Å². The Morgan fingerprint density at radius 3 is 2.95 bits per heavy atom. The summed E-state index contributed by atoms with van der Waals surface area (Å²) in [4.78, 5) is 4.17. The number of halogens is 2. The Balaban J connectivity index is 1.91. The third-order valence-corrected chi connectivity index (χ3v) is 4.93. The molecule has 1 unspecified atom stereocenters. The quantitative estimate of drug-likeness (QED) is 0.716. The predicted octanol–water partition coefficient (Wildman–Crippen LogP) is 3.62. The molecular formula is C14H10BrFN2O2S. The first kappa shape index (κ1) is 14.2. The molecule has 0 saturated heterocycles. The summed E-state index contributed by atoms with van der Waals surface area (Å²) in [5.74, 6) is -0.282. The number of anilines is 1. The van der Waals surface area contributed by atoms with Crippen LogP contribution in [-0.4, -0.2) is 9.19 Å². The molecule has 0 radical (unpaired) electrons. The molecule has 0 bridgehead atoms. The standard InChI is InChI=1S/C14H10BrFN2O2S/c15-13-8(2-1-3-10(13)16)7-21(19)14-18-11-6-9(17)4-5-12(11)20-14/h1-6H,7,17H2. The summed E-state index contributed by atoms with van der Waals surface area (Å²) in [6.45, 7) is 0. The molecule has 2 N–H and O–H groups in total. The van der Waals surface area contributed by atoms with E-state index in [1.54, 1.807) is 30.3 Å². The fraction of sp³-hybridized carbons (Fsp3) is 0.0714. The second kappa shape index (κ2) is 5.57. The second-order valence-corrected chi connectivity index (χ2v) is 6.53. The van der Waals surface area contributed by atoms with Gasteiger partial charge in [0.25, 0.3) is 5.22 Å². The van der Waals surface area contributed by atoms with E-state index in [-0.39, 0.29) is 11.0 Å². The summed E-state index contributed by atoms with van der Waals surface area (Å²) in [7, 11) is -1.51. The Hall–Kier alpha value is -1.73.